The van der Waals surface area contributed by atoms with Gasteiger partial charge < -0.3 is 19.7 Å². The van der Waals surface area contributed by atoms with Crippen LogP contribution in [0, 0.1) is 11.3 Å². The molecular formula is C22H24F3N3O2. The zero-order valence-corrected chi connectivity index (χ0v) is 16.7. The third-order valence-corrected chi connectivity index (χ3v) is 4.79. The van der Waals surface area contributed by atoms with Crippen LogP contribution < -0.4 is 19.7 Å². The van der Waals surface area contributed by atoms with Gasteiger partial charge in [0.2, 0.25) is 0 Å². The summed E-state index contributed by atoms with van der Waals surface area (Å²) in [7, 11) is 0. The van der Waals surface area contributed by atoms with Gasteiger partial charge in [-0.3, -0.25) is 0 Å². The van der Waals surface area contributed by atoms with Crippen molar-refractivity contribution in [3.63, 3.8) is 0 Å². The fourth-order valence-electron chi connectivity index (χ4n) is 3.52. The molecule has 1 atom stereocenters. The minimum absolute atomic E-state index is 0.0700. The zero-order chi connectivity index (χ0) is 21.6. The zero-order valence-electron chi connectivity index (χ0n) is 16.7. The van der Waals surface area contributed by atoms with Crippen molar-refractivity contribution in [1.29, 1.82) is 5.26 Å². The van der Waals surface area contributed by atoms with Crippen LogP contribution in [0.2, 0.25) is 0 Å². The Balaban J connectivity index is 1.46. The van der Waals surface area contributed by atoms with Gasteiger partial charge in [-0.1, -0.05) is 24.3 Å². The summed E-state index contributed by atoms with van der Waals surface area (Å²) in [5, 5.41) is 12.7. The molecule has 5 nitrogen and oxygen atoms in total. The largest absolute Gasteiger partial charge is 0.488 e. The number of anilines is 1. The van der Waals surface area contributed by atoms with E-state index >= 15 is 0 Å². The van der Waals surface area contributed by atoms with E-state index in [9.17, 15) is 18.4 Å². The number of nitrogens with one attached hydrogen (secondary N) is 1. The van der Waals surface area contributed by atoms with Crippen LogP contribution in [-0.2, 0) is 6.42 Å². The first kappa shape index (κ1) is 21.8. The van der Waals surface area contributed by atoms with Crippen LogP contribution in [0.5, 0.6) is 11.5 Å². The summed E-state index contributed by atoms with van der Waals surface area (Å²) in [4.78, 5) is 2.21. The van der Waals surface area contributed by atoms with Crippen LogP contribution in [0.1, 0.15) is 18.1 Å². The van der Waals surface area contributed by atoms with E-state index in [0.717, 1.165) is 25.2 Å². The fourth-order valence-corrected chi connectivity index (χ4v) is 3.52. The van der Waals surface area contributed by atoms with E-state index in [1.54, 1.807) is 18.2 Å². The molecule has 30 heavy (non-hydrogen) atoms. The molecule has 0 amide bonds. The van der Waals surface area contributed by atoms with E-state index in [-0.39, 0.29) is 24.1 Å². The Labute approximate surface area is 174 Å². The quantitative estimate of drug-likeness (QED) is 0.625. The van der Waals surface area contributed by atoms with Crippen molar-refractivity contribution >= 4 is 5.69 Å². The second-order valence-corrected chi connectivity index (χ2v) is 7.18. The minimum atomic E-state index is -4.40. The molecule has 3 rings (SSSR count). The minimum Gasteiger partial charge on any atom is -0.488 e. The average molecular weight is 419 g/mol. The number of benzene rings is 2. The van der Waals surface area contributed by atoms with Crippen LogP contribution in [0.25, 0.3) is 0 Å². The van der Waals surface area contributed by atoms with Crippen molar-refractivity contribution in [2.24, 2.45) is 0 Å². The maximum Gasteiger partial charge on any atom is 0.422 e. The van der Waals surface area contributed by atoms with Crippen LogP contribution in [0.15, 0.2) is 42.5 Å². The Bertz CT molecular complexity index is 896. The number of ether oxygens (including phenoxy) is 2. The molecule has 2 aromatic rings. The van der Waals surface area contributed by atoms with E-state index in [2.05, 4.69) is 22.4 Å². The third-order valence-electron chi connectivity index (χ3n) is 4.79. The number of halogens is 3. The fraction of sp³-hybridized carbons (Fsp3) is 0.409. The highest BCUT2D eigenvalue weighted by atomic mass is 19.4. The van der Waals surface area contributed by atoms with Crippen LogP contribution in [-0.4, -0.2) is 45.1 Å². The first-order chi connectivity index (χ1) is 14.4. The number of hydrogen-bond donors (Lipinski definition) is 1. The SMILES string of the molecule is C[C@H](CN1CCc2cccc(C#N)c21)NCCOc1ccccc1OCC(F)(F)F. The maximum absolute atomic E-state index is 12.4. The van der Waals surface area contributed by atoms with E-state index in [4.69, 9.17) is 9.47 Å². The topological polar surface area (TPSA) is 57.5 Å². The molecule has 0 spiro atoms. The molecule has 0 aliphatic carbocycles. The van der Waals surface area contributed by atoms with E-state index < -0.39 is 12.8 Å². The molecule has 0 aromatic heterocycles. The summed E-state index contributed by atoms with van der Waals surface area (Å²) < 4.78 is 47.6. The van der Waals surface area contributed by atoms with Crippen LogP contribution in [0.4, 0.5) is 18.9 Å². The van der Waals surface area contributed by atoms with Crippen molar-refractivity contribution in [3.05, 3.63) is 53.6 Å². The highest BCUT2D eigenvalue weighted by Crippen LogP contribution is 2.31. The Morgan fingerprint density at radius 1 is 1.13 bits per heavy atom. The number of rotatable bonds is 9. The van der Waals surface area contributed by atoms with Crippen molar-refractivity contribution in [2.75, 3.05) is 37.7 Å². The summed E-state index contributed by atoms with van der Waals surface area (Å²) in [6.45, 7) is 3.13. The smallest absolute Gasteiger partial charge is 0.422 e. The molecular weight excluding hydrogens is 395 g/mol. The Morgan fingerprint density at radius 3 is 2.57 bits per heavy atom. The number of hydrogen-bond acceptors (Lipinski definition) is 5. The van der Waals surface area contributed by atoms with Crippen LogP contribution >= 0.6 is 0 Å². The highest BCUT2D eigenvalue weighted by Gasteiger charge is 2.29. The molecule has 1 heterocycles. The molecule has 0 radical (unpaired) electrons. The van der Waals surface area contributed by atoms with Gasteiger partial charge in [0.05, 0.1) is 11.3 Å². The average Bonchev–Trinajstić information content (AvgIpc) is 3.12. The Morgan fingerprint density at radius 2 is 1.87 bits per heavy atom. The standard InChI is InChI=1S/C22H24F3N3O2/c1-16(14-28-11-9-17-5-4-6-18(13-26)21(17)28)27-10-12-29-19-7-2-3-8-20(19)30-15-22(23,24)25/h2-8,16,27H,9-12,14-15H2,1H3/t16-/m1/s1. The van der Waals surface area contributed by atoms with Crippen molar-refractivity contribution < 1.29 is 22.6 Å². The number of nitrogens with zero attached hydrogens (tertiary/aromatic N) is 2. The molecule has 0 unspecified atom stereocenters. The van der Waals surface area contributed by atoms with Crippen molar-refractivity contribution in [3.8, 4) is 17.6 Å². The lowest BCUT2D eigenvalue weighted by Crippen LogP contribution is -2.40. The normalized spacial score (nSPS) is 14.2. The molecule has 1 N–H and O–H groups in total. The van der Waals surface area contributed by atoms with E-state index in [0.29, 0.717) is 12.1 Å². The molecule has 0 fully saturated rings. The van der Waals surface area contributed by atoms with Gasteiger partial charge >= 0.3 is 6.18 Å². The van der Waals surface area contributed by atoms with Gasteiger partial charge in [-0.05, 0) is 37.1 Å². The lowest BCUT2D eigenvalue weighted by atomic mass is 10.1. The molecule has 0 bridgehead atoms. The highest BCUT2D eigenvalue weighted by molar-refractivity contribution is 5.67. The van der Waals surface area contributed by atoms with Gasteiger partial charge in [0.1, 0.15) is 12.7 Å². The molecule has 0 saturated heterocycles. The number of nitriles is 1. The summed E-state index contributed by atoms with van der Waals surface area (Å²) >= 11 is 0. The molecule has 1 aliphatic rings. The summed E-state index contributed by atoms with van der Waals surface area (Å²) in [6, 6.07) is 14.5. The summed E-state index contributed by atoms with van der Waals surface area (Å²) in [5.41, 5.74) is 2.90. The van der Waals surface area contributed by atoms with Gasteiger partial charge in [0, 0.05) is 25.7 Å². The number of fused-ring (bicyclic) bond motifs is 1. The number of para-hydroxylation sites is 3. The molecule has 0 saturated carbocycles. The first-order valence-electron chi connectivity index (χ1n) is 9.79. The first-order valence-corrected chi connectivity index (χ1v) is 9.79. The second kappa shape index (κ2) is 9.72. The van der Waals surface area contributed by atoms with Gasteiger partial charge in [-0.2, -0.15) is 18.4 Å². The Hall–Kier alpha value is -2.92. The van der Waals surface area contributed by atoms with E-state index in [1.165, 1.54) is 11.6 Å². The van der Waals surface area contributed by atoms with E-state index in [1.807, 2.05) is 19.1 Å². The van der Waals surface area contributed by atoms with Crippen LogP contribution in [0.3, 0.4) is 0 Å². The van der Waals surface area contributed by atoms with Gasteiger partial charge in [0.25, 0.3) is 0 Å². The van der Waals surface area contributed by atoms with Gasteiger partial charge in [-0.15, -0.1) is 0 Å². The van der Waals surface area contributed by atoms with Gasteiger partial charge in [-0.25, -0.2) is 0 Å². The monoisotopic (exact) mass is 419 g/mol. The molecule has 160 valence electrons. The van der Waals surface area contributed by atoms with Crippen molar-refractivity contribution in [2.45, 2.75) is 25.6 Å². The number of alkyl halides is 3. The molecule has 1 aliphatic heterocycles. The maximum atomic E-state index is 12.4. The lowest BCUT2D eigenvalue weighted by Gasteiger charge is -2.25. The predicted molar refractivity (Wildman–Crippen MR) is 108 cm³/mol. The lowest BCUT2D eigenvalue weighted by molar-refractivity contribution is -0.153. The third kappa shape index (κ3) is 5.80. The molecule has 8 heteroatoms. The predicted octanol–water partition coefficient (Wildman–Crippen LogP) is 3.92. The summed E-state index contributed by atoms with van der Waals surface area (Å²) in [6.07, 6.45) is -3.47. The second-order valence-electron chi connectivity index (χ2n) is 7.18. The van der Waals surface area contributed by atoms with Gasteiger partial charge in [0.15, 0.2) is 18.1 Å². The molecule has 2 aromatic carbocycles. The Kier molecular flexibility index (Phi) is 7.06. The summed E-state index contributed by atoms with van der Waals surface area (Å²) in [5.74, 6) is 0.351. The van der Waals surface area contributed by atoms with Crippen molar-refractivity contribution in [1.82, 2.24) is 5.32 Å².